The topological polar surface area (TPSA) is 32.3 Å². The van der Waals surface area contributed by atoms with Crippen molar-refractivity contribution in [3.8, 4) is 0 Å². The van der Waals surface area contributed by atoms with Gasteiger partial charge in [-0.25, -0.2) is 0 Å². The number of rotatable bonds is 2. The van der Waals surface area contributed by atoms with Crippen LogP contribution in [0.15, 0.2) is 29.6 Å². The van der Waals surface area contributed by atoms with Crippen LogP contribution >= 0.6 is 11.3 Å². The molecule has 1 amide bonds. The molecule has 1 aromatic carbocycles. The quantitative estimate of drug-likeness (QED) is 0.924. The van der Waals surface area contributed by atoms with E-state index >= 15 is 0 Å². The number of amides is 1. The Bertz CT molecular complexity index is 710. The molecule has 114 valence electrons. The predicted molar refractivity (Wildman–Crippen MR) is 89.2 cm³/mol. The summed E-state index contributed by atoms with van der Waals surface area (Å²) in [5, 5.41) is 6.51. The summed E-state index contributed by atoms with van der Waals surface area (Å²) in [4.78, 5) is 15.4. The van der Waals surface area contributed by atoms with E-state index in [4.69, 9.17) is 0 Å². The molecule has 0 radical (unpaired) electrons. The van der Waals surface area contributed by atoms with Gasteiger partial charge >= 0.3 is 0 Å². The highest BCUT2D eigenvalue weighted by molar-refractivity contribution is 7.17. The van der Waals surface area contributed by atoms with Crippen LogP contribution in [0.3, 0.4) is 0 Å². The fraction of sp³-hybridized carbons (Fsp3) is 0.500. The summed E-state index contributed by atoms with van der Waals surface area (Å²) in [6.07, 6.45) is 2.62. The third kappa shape index (κ3) is 1.94. The molecule has 4 aliphatic rings. The van der Waals surface area contributed by atoms with Crippen LogP contribution in [0.4, 0.5) is 0 Å². The molecule has 5 atom stereocenters. The van der Waals surface area contributed by atoms with E-state index < -0.39 is 0 Å². The molecule has 0 spiro atoms. The highest BCUT2D eigenvalue weighted by Crippen LogP contribution is 2.43. The van der Waals surface area contributed by atoms with Gasteiger partial charge in [0.25, 0.3) is 5.91 Å². The van der Waals surface area contributed by atoms with E-state index in [-0.39, 0.29) is 5.91 Å². The van der Waals surface area contributed by atoms with Crippen molar-refractivity contribution >= 4 is 27.3 Å². The summed E-state index contributed by atoms with van der Waals surface area (Å²) in [5.74, 6) is 2.35. The van der Waals surface area contributed by atoms with Gasteiger partial charge in [-0.15, -0.1) is 11.3 Å². The smallest absolute Gasteiger partial charge is 0.252 e. The molecule has 6 rings (SSSR count). The zero-order valence-corrected chi connectivity index (χ0v) is 13.3. The molecule has 3 unspecified atom stereocenters. The highest BCUT2D eigenvalue weighted by atomic mass is 32.1. The Labute approximate surface area is 134 Å². The van der Waals surface area contributed by atoms with Gasteiger partial charge in [-0.2, -0.15) is 0 Å². The van der Waals surface area contributed by atoms with E-state index in [1.54, 1.807) is 11.3 Å². The summed E-state index contributed by atoms with van der Waals surface area (Å²) in [6, 6.07) is 8.59. The van der Waals surface area contributed by atoms with Crippen molar-refractivity contribution in [2.24, 2.45) is 17.8 Å². The minimum Gasteiger partial charge on any atom is -0.349 e. The molecule has 1 aliphatic carbocycles. The van der Waals surface area contributed by atoms with Gasteiger partial charge in [-0.3, -0.25) is 4.79 Å². The molecule has 2 aromatic rings. The minimum absolute atomic E-state index is 0.130. The second-order valence-corrected chi connectivity index (χ2v) is 8.13. The second-order valence-electron chi connectivity index (χ2n) is 7.22. The number of benzene rings is 1. The van der Waals surface area contributed by atoms with Gasteiger partial charge in [-0.1, -0.05) is 18.2 Å². The van der Waals surface area contributed by atoms with Crippen molar-refractivity contribution in [2.75, 3.05) is 19.6 Å². The van der Waals surface area contributed by atoms with Crippen molar-refractivity contribution in [2.45, 2.75) is 18.9 Å². The van der Waals surface area contributed by atoms with Gasteiger partial charge in [0.05, 0.1) is 5.56 Å². The third-order valence-corrected chi connectivity index (χ3v) is 6.78. The molecule has 1 aromatic heterocycles. The van der Waals surface area contributed by atoms with Gasteiger partial charge < -0.3 is 10.2 Å². The fourth-order valence-electron chi connectivity index (χ4n) is 5.03. The number of hydrogen-bond acceptors (Lipinski definition) is 3. The first-order valence-corrected chi connectivity index (χ1v) is 9.15. The molecule has 4 heteroatoms. The van der Waals surface area contributed by atoms with E-state index in [0.29, 0.717) is 17.9 Å². The summed E-state index contributed by atoms with van der Waals surface area (Å²) in [5.41, 5.74) is 0.856. The minimum atomic E-state index is 0.130. The molecule has 3 aliphatic heterocycles. The number of hydrogen-bond donors (Lipinski definition) is 1. The molecule has 4 bridgehead atoms. The van der Waals surface area contributed by atoms with Crippen molar-refractivity contribution < 1.29 is 4.79 Å². The number of piperidine rings is 3. The fourth-order valence-corrected chi connectivity index (χ4v) is 5.97. The number of fused-ring (bicyclic) bond motifs is 1. The van der Waals surface area contributed by atoms with Crippen molar-refractivity contribution in [1.82, 2.24) is 10.2 Å². The van der Waals surface area contributed by atoms with Gasteiger partial charge in [0.2, 0.25) is 0 Å². The van der Waals surface area contributed by atoms with Crippen LogP contribution < -0.4 is 5.32 Å². The standard InChI is InChI=1S/C18H20N2OS/c21-18(15-10-22-16-4-2-1-3-14(15)16)19-17-12-5-11-6-13(17)9-20(7-11)8-12/h1-4,10-13,17H,5-9H2,(H,19,21)/t11?,12-,13+,17?. The zero-order chi connectivity index (χ0) is 14.7. The van der Waals surface area contributed by atoms with E-state index in [2.05, 4.69) is 22.3 Å². The SMILES string of the molecule is O=C(NC1[C@@H]2CC3C[C@H]1CN(C3)C2)c1csc2ccccc12. The number of thiophene rings is 1. The highest BCUT2D eigenvalue weighted by Gasteiger charge is 2.47. The summed E-state index contributed by atoms with van der Waals surface area (Å²) in [6.45, 7) is 3.66. The Kier molecular flexibility index (Phi) is 2.86. The lowest BCUT2D eigenvalue weighted by Crippen LogP contribution is -2.64. The number of carbonyl (C=O) groups is 1. The Morgan fingerprint density at radius 3 is 2.68 bits per heavy atom. The maximum absolute atomic E-state index is 12.8. The molecule has 4 fully saturated rings. The van der Waals surface area contributed by atoms with Crippen LogP contribution in [0.1, 0.15) is 23.2 Å². The van der Waals surface area contributed by atoms with E-state index in [9.17, 15) is 4.79 Å². The van der Waals surface area contributed by atoms with E-state index in [0.717, 1.165) is 16.9 Å². The van der Waals surface area contributed by atoms with Gasteiger partial charge in [0, 0.05) is 41.1 Å². The molecule has 4 heterocycles. The number of nitrogens with one attached hydrogen (secondary N) is 1. The predicted octanol–water partition coefficient (Wildman–Crippen LogP) is 2.97. The Morgan fingerprint density at radius 2 is 1.91 bits per heavy atom. The second kappa shape index (κ2) is 4.80. The maximum atomic E-state index is 12.8. The summed E-state index contributed by atoms with van der Waals surface area (Å²) in [7, 11) is 0. The molecule has 1 N–H and O–H groups in total. The Morgan fingerprint density at radius 1 is 1.14 bits per heavy atom. The van der Waals surface area contributed by atoms with E-state index in [1.165, 1.54) is 37.2 Å². The normalized spacial score (nSPS) is 35.9. The lowest BCUT2D eigenvalue weighted by atomic mass is 9.65. The third-order valence-electron chi connectivity index (χ3n) is 5.81. The zero-order valence-electron chi connectivity index (χ0n) is 12.5. The van der Waals surface area contributed by atoms with Crippen LogP contribution in [0.25, 0.3) is 10.1 Å². The van der Waals surface area contributed by atoms with Crippen LogP contribution in [0.2, 0.25) is 0 Å². The largest absolute Gasteiger partial charge is 0.349 e. The van der Waals surface area contributed by atoms with Crippen LogP contribution in [-0.2, 0) is 0 Å². The molecule has 22 heavy (non-hydrogen) atoms. The van der Waals surface area contributed by atoms with Crippen molar-refractivity contribution in [3.63, 3.8) is 0 Å². The van der Waals surface area contributed by atoms with Crippen LogP contribution in [0, 0.1) is 17.8 Å². The summed E-state index contributed by atoms with van der Waals surface area (Å²) < 4.78 is 1.20. The first-order valence-electron chi connectivity index (χ1n) is 8.27. The Hall–Kier alpha value is -1.39. The van der Waals surface area contributed by atoms with Gasteiger partial charge in [-0.05, 0) is 36.7 Å². The van der Waals surface area contributed by atoms with Crippen LogP contribution in [0.5, 0.6) is 0 Å². The van der Waals surface area contributed by atoms with Crippen molar-refractivity contribution in [1.29, 1.82) is 0 Å². The average Bonchev–Trinajstić information content (AvgIpc) is 2.94. The molecular weight excluding hydrogens is 292 g/mol. The van der Waals surface area contributed by atoms with E-state index in [1.807, 2.05) is 17.5 Å². The summed E-state index contributed by atoms with van der Waals surface area (Å²) >= 11 is 1.66. The van der Waals surface area contributed by atoms with Gasteiger partial charge in [0.1, 0.15) is 0 Å². The van der Waals surface area contributed by atoms with Crippen LogP contribution in [-0.4, -0.2) is 36.5 Å². The lowest BCUT2D eigenvalue weighted by Gasteiger charge is -2.55. The Balaban J connectivity index is 1.41. The molecule has 1 saturated carbocycles. The molecule has 3 saturated heterocycles. The molecular formula is C18H20N2OS. The monoisotopic (exact) mass is 312 g/mol. The van der Waals surface area contributed by atoms with Gasteiger partial charge in [0.15, 0.2) is 0 Å². The lowest BCUT2D eigenvalue weighted by molar-refractivity contribution is -0.0418. The average molecular weight is 312 g/mol. The first kappa shape index (κ1) is 13.1. The first-order chi connectivity index (χ1) is 10.8. The number of carbonyl (C=O) groups excluding carboxylic acids is 1. The number of nitrogens with zero attached hydrogens (tertiary/aromatic N) is 1. The molecule has 3 nitrogen and oxygen atoms in total. The van der Waals surface area contributed by atoms with Crippen molar-refractivity contribution in [3.05, 3.63) is 35.2 Å². The maximum Gasteiger partial charge on any atom is 0.252 e.